The second kappa shape index (κ2) is 3.52. The van der Waals surface area contributed by atoms with E-state index in [1.807, 2.05) is 31.1 Å². The molecule has 0 unspecified atom stereocenters. The maximum Gasteiger partial charge on any atom is 0.150 e. The maximum absolute atomic E-state index is 4.11. The molecule has 0 bridgehead atoms. The third kappa shape index (κ3) is 1.94. The fourth-order valence-corrected chi connectivity index (χ4v) is 0.882. The first-order valence-corrected chi connectivity index (χ1v) is 4.12. The first-order chi connectivity index (χ1) is 5.61. The highest BCUT2D eigenvalue weighted by molar-refractivity contribution is 5.34. The normalized spacial score (nSPS) is 10.4. The number of anilines is 1. The van der Waals surface area contributed by atoms with E-state index in [1.165, 1.54) is 0 Å². The molecule has 3 nitrogen and oxygen atoms in total. The molecule has 0 aromatic carbocycles. The summed E-state index contributed by atoms with van der Waals surface area (Å²) >= 11 is 0. The molecule has 0 saturated carbocycles. The zero-order chi connectivity index (χ0) is 9.14. The molecule has 0 aliphatic rings. The van der Waals surface area contributed by atoms with Crippen molar-refractivity contribution in [1.29, 1.82) is 0 Å². The molecule has 0 atom stereocenters. The van der Waals surface area contributed by atoms with Gasteiger partial charge in [-0.25, -0.2) is 0 Å². The molecule has 0 aliphatic heterocycles. The van der Waals surface area contributed by atoms with Gasteiger partial charge in [-0.05, 0) is 18.1 Å². The van der Waals surface area contributed by atoms with E-state index in [0.29, 0.717) is 5.92 Å². The summed E-state index contributed by atoms with van der Waals surface area (Å²) in [5.74, 6) is 1.35. The molecular weight excluding hydrogens is 150 g/mol. The second-order valence-electron chi connectivity index (χ2n) is 3.37. The van der Waals surface area contributed by atoms with E-state index in [2.05, 4.69) is 24.0 Å². The Bertz CT molecular complexity index is 211. The number of hydrogen-bond acceptors (Lipinski definition) is 3. The van der Waals surface area contributed by atoms with Crippen LogP contribution in [0.25, 0.3) is 0 Å². The van der Waals surface area contributed by atoms with Gasteiger partial charge in [0, 0.05) is 14.1 Å². The molecule has 1 heterocycles. The van der Waals surface area contributed by atoms with E-state index in [9.17, 15) is 0 Å². The fourth-order valence-electron chi connectivity index (χ4n) is 0.882. The summed E-state index contributed by atoms with van der Waals surface area (Å²) in [7, 11) is 3.91. The summed E-state index contributed by atoms with van der Waals surface area (Å²) in [4.78, 5) is 1.94. The van der Waals surface area contributed by atoms with Crippen LogP contribution in [0.3, 0.4) is 0 Å². The predicted molar refractivity (Wildman–Crippen MR) is 50.4 cm³/mol. The van der Waals surface area contributed by atoms with Gasteiger partial charge < -0.3 is 4.90 Å². The zero-order valence-corrected chi connectivity index (χ0v) is 8.07. The van der Waals surface area contributed by atoms with Crippen molar-refractivity contribution in [3.05, 3.63) is 17.8 Å². The molecule has 0 saturated heterocycles. The molecule has 0 N–H and O–H groups in total. The van der Waals surface area contributed by atoms with E-state index in [4.69, 9.17) is 0 Å². The monoisotopic (exact) mass is 165 g/mol. The number of aromatic nitrogens is 2. The highest BCUT2D eigenvalue weighted by Gasteiger charge is 2.02. The highest BCUT2D eigenvalue weighted by atomic mass is 15.2. The van der Waals surface area contributed by atoms with Crippen molar-refractivity contribution < 1.29 is 0 Å². The Morgan fingerprint density at radius 2 is 1.83 bits per heavy atom. The molecule has 1 aromatic heterocycles. The minimum Gasteiger partial charge on any atom is -0.361 e. The van der Waals surface area contributed by atoms with Gasteiger partial charge in [-0.15, -0.1) is 5.10 Å². The van der Waals surface area contributed by atoms with E-state index in [0.717, 1.165) is 11.5 Å². The number of hydrogen-bond donors (Lipinski definition) is 0. The predicted octanol–water partition coefficient (Wildman–Crippen LogP) is 1.67. The summed E-state index contributed by atoms with van der Waals surface area (Å²) < 4.78 is 0. The van der Waals surface area contributed by atoms with Gasteiger partial charge in [0.25, 0.3) is 0 Å². The second-order valence-corrected chi connectivity index (χ2v) is 3.37. The Balaban J connectivity index is 2.86. The van der Waals surface area contributed by atoms with Gasteiger partial charge in [-0.2, -0.15) is 5.10 Å². The van der Waals surface area contributed by atoms with Crippen LogP contribution in [-0.2, 0) is 0 Å². The fraction of sp³-hybridized carbons (Fsp3) is 0.556. The molecule has 1 rings (SSSR count). The molecule has 0 radical (unpaired) electrons. The van der Waals surface area contributed by atoms with E-state index >= 15 is 0 Å². The molecule has 0 spiro atoms. The molecule has 0 amide bonds. The van der Waals surface area contributed by atoms with Crippen molar-refractivity contribution in [2.24, 2.45) is 0 Å². The Kier molecular flexibility index (Phi) is 2.63. The van der Waals surface area contributed by atoms with Crippen LogP contribution in [0.5, 0.6) is 0 Å². The minimum absolute atomic E-state index is 0.453. The summed E-state index contributed by atoms with van der Waals surface area (Å²) in [6.07, 6.45) is 0. The lowest BCUT2D eigenvalue weighted by atomic mass is 10.1. The smallest absolute Gasteiger partial charge is 0.150 e. The van der Waals surface area contributed by atoms with Crippen molar-refractivity contribution in [2.75, 3.05) is 19.0 Å². The van der Waals surface area contributed by atoms with Crippen LogP contribution in [-0.4, -0.2) is 24.3 Å². The summed E-state index contributed by atoms with van der Waals surface area (Å²) in [5.41, 5.74) is 1.04. The Hall–Kier alpha value is -1.12. The van der Waals surface area contributed by atoms with Gasteiger partial charge in [0.05, 0.1) is 5.69 Å². The third-order valence-electron chi connectivity index (χ3n) is 1.72. The lowest BCUT2D eigenvalue weighted by Crippen LogP contribution is -2.11. The summed E-state index contributed by atoms with van der Waals surface area (Å²) in [5, 5.41) is 8.18. The Morgan fingerprint density at radius 3 is 2.17 bits per heavy atom. The van der Waals surface area contributed by atoms with Crippen LogP contribution in [0, 0.1) is 0 Å². The van der Waals surface area contributed by atoms with E-state index in [1.54, 1.807) is 0 Å². The number of rotatable bonds is 2. The Labute approximate surface area is 73.4 Å². The SMILES string of the molecule is CC(C)c1ccc(N(C)C)nn1. The van der Waals surface area contributed by atoms with Crippen molar-refractivity contribution >= 4 is 5.82 Å². The molecule has 1 aromatic rings. The highest BCUT2D eigenvalue weighted by Crippen LogP contribution is 2.12. The van der Waals surface area contributed by atoms with Gasteiger partial charge in [0.1, 0.15) is 0 Å². The Morgan fingerprint density at radius 1 is 1.17 bits per heavy atom. The van der Waals surface area contributed by atoms with Gasteiger partial charge in [0.15, 0.2) is 5.82 Å². The first-order valence-electron chi connectivity index (χ1n) is 4.12. The first kappa shape index (κ1) is 8.97. The molecule has 12 heavy (non-hydrogen) atoms. The number of nitrogens with zero attached hydrogens (tertiary/aromatic N) is 3. The maximum atomic E-state index is 4.11. The molecule has 0 fully saturated rings. The largest absolute Gasteiger partial charge is 0.361 e. The van der Waals surface area contributed by atoms with Crippen LogP contribution in [0.1, 0.15) is 25.5 Å². The van der Waals surface area contributed by atoms with Crippen molar-refractivity contribution in [3.8, 4) is 0 Å². The van der Waals surface area contributed by atoms with Gasteiger partial charge in [-0.3, -0.25) is 0 Å². The van der Waals surface area contributed by atoms with E-state index in [-0.39, 0.29) is 0 Å². The molecule has 3 heteroatoms. The van der Waals surface area contributed by atoms with Crippen LogP contribution in [0.4, 0.5) is 5.82 Å². The molecule has 0 aliphatic carbocycles. The van der Waals surface area contributed by atoms with Crippen molar-refractivity contribution in [3.63, 3.8) is 0 Å². The topological polar surface area (TPSA) is 29.0 Å². The van der Waals surface area contributed by atoms with Gasteiger partial charge >= 0.3 is 0 Å². The average Bonchev–Trinajstić information content (AvgIpc) is 2.04. The standard InChI is InChI=1S/C9H15N3/c1-7(2)8-5-6-9(11-10-8)12(3)4/h5-7H,1-4H3. The third-order valence-corrected chi connectivity index (χ3v) is 1.72. The average molecular weight is 165 g/mol. The lowest BCUT2D eigenvalue weighted by Gasteiger charge is -2.10. The van der Waals surface area contributed by atoms with Crippen LogP contribution in [0.15, 0.2) is 12.1 Å². The van der Waals surface area contributed by atoms with Crippen molar-refractivity contribution in [2.45, 2.75) is 19.8 Å². The van der Waals surface area contributed by atoms with Crippen molar-refractivity contribution in [1.82, 2.24) is 10.2 Å². The quantitative estimate of drug-likeness (QED) is 0.667. The lowest BCUT2D eigenvalue weighted by molar-refractivity contribution is 0.781. The summed E-state index contributed by atoms with van der Waals surface area (Å²) in [6.45, 7) is 4.22. The van der Waals surface area contributed by atoms with E-state index < -0.39 is 0 Å². The zero-order valence-electron chi connectivity index (χ0n) is 8.07. The van der Waals surface area contributed by atoms with Crippen LogP contribution < -0.4 is 4.90 Å². The van der Waals surface area contributed by atoms with Gasteiger partial charge in [0.2, 0.25) is 0 Å². The molecular formula is C9H15N3. The minimum atomic E-state index is 0.453. The molecule has 66 valence electrons. The van der Waals surface area contributed by atoms with Gasteiger partial charge in [-0.1, -0.05) is 13.8 Å². The summed E-state index contributed by atoms with van der Waals surface area (Å²) in [6, 6.07) is 4.01. The van der Waals surface area contributed by atoms with Crippen LogP contribution in [0.2, 0.25) is 0 Å². The van der Waals surface area contributed by atoms with Crippen LogP contribution >= 0.6 is 0 Å².